The Labute approximate surface area is 181 Å². The number of likely N-dealkylation sites (tertiary alicyclic amines) is 1. The van der Waals surface area contributed by atoms with Crippen LogP contribution in [0.15, 0.2) is 30.5 Å². The van der Waals surface area contributed by atoms with Crippen LogP contribution in [0.4, 0.5) is 13.2 Å². The van der Waals surface area contributed by atoms with E-state index in [2.05, 4.69) is 15.0 Å². The highest BCUT2D eigenvalue weighted by Gasteiger charge is 2.38. The number of piperidine rings is 1. The monoisotopic (exact) mass is 446 g/mol. The number of rotatable bonds is 4. The molecule has 11 heteroatoms. The summed E-state index contributed by atoms with van der Waals surface area (Å²) in [6.07, 6.45) is -1.93. The van der Waals surface area contributed by atoms with Crippen molar-refractivity contribution in [2.24, 2.45) is 5.73 Å². The van der Waals surface area contributed by atoms with Crippen molar-refractivity contribution in [3.05, 3.63) is 53.4 Å². The van der Waals surface area contributed by atoms with Crippen molar-refractivity contribution in [2.75, 3.05) is 13.1 Å². The quantitative estimate of drug-likeness (QED) is 0.663. The fourth-order valence-corrected chi connectivity index (χ4v) is 4.03. The molecule has 2 aromatic heterocycles. The van der Waals surface area contributed by atoms with Crippen molar-refractivity contribution in [3.8, 4) is 0 Å². The first-order valence-electron chi connectivity index (χ1n) is 10.1. The summed E-state index contributed by atoms with van der Waals surface area (Å²) < 4.78 is 41.5. The van der Waals surface area contributed by atoms with Gasteiger partial charge in [-0.05, 0) is 31.9 Å². The first-order valence-corrected chi connectivity index (χ1v) is 10.1. The van der Waals surface area contributed by atoms with Crippen molar-refractivity contribution in [1.82, 2.24) is 24.4 Å². The second-order valence-corrected chi connectivity index (χ2v) is 7.78. The summed E-state index contributed by atoms with van der Waals surface area (Å²) in [5, 5.41) is 0. The van der Waals surface area contributed by atoms with Crippen molar-refractivity contribution in [3.63, 3.8) is 0 Å². The summed E-state index contributed by atoms with van der Waals surface area (Å²) >= 11 is 0. The summed E-state index contributed by atoms with van der Waals surface area (Å²) in [6, 6.07) is 6.21. The van der Waals surface area contributed by atoms with Crippen LogP contribution in [0.1, 0.15) is 46.5 Å². The molecule has 0 bridgehead atoms. The Kier molecular flexibility index (Phi) is 5.57. The van der Waals surface area contributed by atoms with Crippen LogP contribution in [-0.2, 0) is 17.5 Å². The molecule has 0 spiro atoms. The molecule has 2 amide bonds. The van der Waals surface area contributed by atoms with Crippen LogP contribution >= 0.6 is 0 Å². The van der Waals surface area contributed by atoms with E-state index in [9.17, 15) is 22.8 Å². The number of halogens is 3. The van der Waals surface area contributed by atoms with Gasteiger partial charge in [0.2, 0.25) is 11.7 Å². The molecular formula is C21H21F3N6O2. The molecule has 8 nitrogen and oxygen atoms in total. The molecule has 1 aromatic carbocycles. The van der Waals surface area contributed by atoms with Gasteiger partial charge in [-0.25, -0.2) is 15.0 Å². The number of fused-ring (bicyclic) bond motifs is 1. The molecular weight excluding hydrogens is 425 g/mol. The Morgan fingerprint density at radius 3 is 2.66 bits per heavy atom. The van der Waals surface area contributed by atoms with Gasteiger partial charge in [0, 0.05) is 25.2 Å². The third kappa shape index (κ3) is 4.14. The molecule has 3 aromatic rings. The number of primary amides is 1. The topological polar surface area (TPSA) is 107 Å². The number of alkyl halides is 3. The second-order valence-electron chi connectivity index (χ2n) is 7.78. The summed E-state index contributed by atoms with van der Waals surface area (Å²) in [4.78, 5) is 38.2. The summed E-state index contributed by atoms with van der Waals surface area (Å²) in [6.45, 7) is 1.90. The Balaban J connectivity index is 1.56. The Morgan fingerprint density at radius 2 is 1.97 bits per heavy atom. The Morgan fingerprint density at radius 1 is 1.22 bits per heavy atom. The normalized spacial score (nSPS) is 17.0. The van der Waals surface area contributed by atoms with Crippen LogP contribution in [0, 0.1) is 6.92 Å². The van der Waals surface area contributed by atoms with Gasteiger partial charge in [0.05, 0.1) is 22.3 Å². The van der Waals surface area contributed by atoms with Crippen LogP contribution in [-0.4, -0.2) is 49.3 Å². The van der Waals surface area contributed by atoms with E-state index in [0.29, 0.717) is 24.5 Å². The predicted octanol–water partition coefficient (Wildman–Crippen LogP) is 2.66. The predicted molar refractivity (Wildman–Crippen MR) is 109 cm³/mol. The van der Waals surface area contributed by atoms with E-state index in [4.69, 9.17) is 5.73 Å². The van der Waals surface area contributed by atoms with Gasteiger partial charge in [-0.1, -0.05) is 12.1 Å². The van der Waals surface area contributed by atoms with Crippen LogP contribution in [0.5, 0.6) is 0 Å². The molecule has 2 N–H and O–H groups in total. The van der Waals surface area contributed by atoms with Crippen LogP contribution in [0.2, 0.25) is 0 Å². The zero-order chi connectivity index (χ0) is 23.0. The number of amides is 2. The summed E-state index contributed by atoms with van der Waals surface area (Å²) in [5.41, 5.74) is 6.40. The van der Waals surface area contributed by atoms with Crippen molar-refractivity contribution in [2.45, 2.75) is 38.4 Å². The maximum atomic E-state index is 13.5. The van der Waals surface area contributed by atoms with Crippen LogP contribution in [0.25, 0.3) is 11.0 Å². The Hall–Kier alpha value is -3.50. The molecule has 0 radical (unpaired) electrons. The number of para-hydroxylation sites is 2. The number of carbonyl (C=O) groups excluding carboxylic acids is 2. The van der Waals surface area contributed by atoms with E-state index in [0.717, 1.165) is 11.0 Å². The average Bonchev–Trinajstić information content (AvgIpc) is 3.12. The lowest BCUT2D eigenvalue weighted by Gasteiger charge is -2.32. The molecule has 1 saturated heterocycles. The van der Waals surface area contributed by atoms with E-state index in [1.807, 2.05) is 0 Å². The fourth-order valence-electron chi connectivity index (χ4n) is 4.03. The van der Waals surface area contributed by atoms with Gasteiger partial charge in [-0.15, -0.1) is 0 Å². The standard InChI is InChI=1S/C21H21F3N6O2/c1-12-14(18(25)32)9-26-19(27-12)13-5-4-8-29(10-13)17(31)11-30-16-7-3-2-6-15(16)28-20(30)21(22,23)24/h2-3,6-7,9,13H,4-5,8,10-11H2,1H3,(H2,25,32)/t13-/m0/s1. The number of hydrogen-bond acceptors (Lipinski definition) is 5. The first kappa shape index (κ1) is 21.7. The summed E-state index contributed by atoms with van der Waals surface area (Å²) in [5.74, 6) is -1.86. The molecule has 0 saturated carbocycles. The van der Waals surface area contributed by atoms with Crippen molar-refractivity contribution in [1.29, 1.82) is 0 Å². The highest BCUT2D eigenvalue weighted by molar-refractivity contribution is 5.93. The molecule has 1 atom stereocenters. The molecule has 168 valence electrons. The van der Waals surface area contributed by atoms with Gasteiger partial charge in [0.25, 0.3) is 5.91 Å². The van der Waals surface area contributed by atoms with Gasteiger partial charge in [-0.2, -0.15) is 13.2 Å². The zero-order valence-electron chi connectivity index (χ0n) is 17.3. The number of nitrogens with two attached hydrogens (primary N) is 1. The largest absolute Gasteiger partial charge is 0.449 e. The highest BCUT2D eigenvalue weighted by atomic mass is 19.4. The molecule has 0 aliphatic carbocycles. The highest BCUT2D eigenvalue weighted by Crippen LogP contribution is 2.32. The molecule has 3 heterocycles. The number of hydrogen-bond donors (Lipinski definition) is 1. The maximum Gasteiger partial charge on any atom is 0.449 e. The lowest BCUT2D eigenvalue weighted by molar-refractivity contribution is -0.148. The maximum absolute atomic E-state index is 13.5. The van der Waals surface area contributed by atoms with E-state index >= 15 is 0 Å². The minimum atomic E-state index is -4.68. The first-order chi connectivity index (χ1) is 15.1. The van der Waals surface area contributed by atoms with Crippen LogP contribution in [0.3, 0.4) is 0 Å². The number of carbonyl (C=O) groups is 2. The lowest BCUT2D eigenvalue weighted by Crippen LogP contribution is -2.41. The minimum absolute atomic E-state index is 0.183. The van der Waals surface area contributed by atoms with E-state index in [-0.39, 0.29) is 29.1 Å². The van der Waals surface area contributed by atoms with Gasteiger partial charge in [0.15, 0.2) is 0 Å². The summed E-state index contributed by atoms with van der Waals surface area (Å²) in [7, 11) is 0. The van der Waals surface area contributed by atoms with E-state index < -0.39 is 30.4 Å². The molecule has 1 aliphatic rings. The number of aromatic nitrogens is 4. The van der Waals surface area contributed by atoms with Crippen LogP contribution < -0.4 is 5.73 Å². The fraction of sp³-hybridized carbons (Fsp3) is 0.381. The number of benzene rings is 1. The molecule has 4 rings (SSSR count). The third-order valence-corrected chi connectivity index (χ3v) is 5.60. The van der Waals surface area contributed by atoms with Gasteiger partial charge >= 0.3 is 6.18 Å². The van der Waals surface area contributed by atoms with E-state index in [1.54, 1.807) is 19.1 Å². The number of aryl methyl sites for hydroxylation is 1. The average molecular weight is 446 g/mol. The van der Waals surface area contributed by atoms with E-state index in [1.165, 1.54) is 23.2 Å². The molecule has 1 fully saturated rings. The van der Waals surface area contributed by atoms with Gasteiger partial charge in [-0.3, -0.25) is 9.59 Å². The van der Waals surface area contributed by atoms with Gasteiger partial charge in [0.1, 0.15) is 12.4 Å². The SMILES string of the molecule is Cc1nc([C@H]2CCCN(C(=O)Cn3c(C(F)(F)F)nc4ccccc43)C2)ncc1C(N)=O. The second kappa shape index (κ2) is 8.21. The number of nitrogens with zero attached hydrogens (tertiary/aromatic N) is 5. The van der Waals surface area contributed by atoms with Gasteiger partial charge < -0.3 is 15.2 Å². The minimum Gasteiger partial charge on any atom is -0.365 e. The number of imidazole rings is 1. The zero-order valence-corrected chi connectivity index (χ0v) is 17.3. The van der Waals surface area contributed by atoms with Crippen molar-refractivity contribution < 1.29 is 22.8 Å². The molecule has 32 heavy (non-hydrogen) atoms. The third-order valence-electron chi connectivity index (χ3n) is 5.60. The molecule has 0 unspecified atom stereocenters. The smallest absolute Gasteiger partial charge is 0.365 e. The lowest BCUT2D eigenvalue weighted by atomic mass is 9.96. The van der Waals surface area contributed by atoms with Crippen molar-refractivity contribution >= 4 is 22.8 Å². The molecule has 1 aliphatic heterocycles. The Bertz CT molecular complexity index is 1190.